The van der Waals surface area contributed by atoms with Gasteiger partial charge >= 0.3 is 5.91 Å². The molecule has 6 heteroatoms. The summed E-state index contributed by atoms with van der Waals surface area (Å²) >= 11 is 0. The Morgan fingerprint density at radius 3 is 2.50 bits per heavy atom. The molecule has 1 aliphatic carbocycles. The molecule has 2 amide bonds. The molecule has 28 heavy (non-hydrogen) atoms. The summed E-state index contributed by atoms with van der Waals surface area (Å²) in [4.78, 5) is 26.6. The van der Waals surface area contributed by atoms with Crippen LogP contribution in [0.15, 0.2) is 34.7 Å². The molecular formula is C22H29N3O3. The minimum absolute atomic E-state index is 0.191. The number of benzene rings is 1. The number of hydrogen-bond acceptors (Lipinski definition) is 4. The van der Waals surface area contributed by atoms with E-state index in [1.165, 1.54) is 24.0 Å². The van der Waals surface area contributed by atoms with Crippen molar-refractivity contribution in [3.8, 4) is 0 Å². The molecule has 3 rings (SSSR count). The standard InChI is InChI=1S/C22H29N3O3/c1-3-25(4-2)15-19-11-12-20(28-19)22(27)24-23-21(26)14-16-9-10-17-7-5-6-8-18(17)13-16/h9-13H,3-8,14-15H2,1-2H3,(H,23,26)(H,24,27). The Kier molecular flexibility index (Phi) is 6.87. The third-order valence-electron chi connectivity index (χ3n) is 5.25. The van der Waals surface area contributed by atoms with Crippen molar-refractivity contribution in [2.45, 2.75) is 52.5 Å². The van der Waals surface area contributed by atoms with Crippen molar-refractivity contribution < 1.29 is 14.0 Å². The minimum Gasteiger partial charge on any atom is -0.454 e. The number of hydrogen-bond donors (Lipinski definition) is 2. The minimum atomic E-state index is -0.454. The number of nitrogens with one attached hydrogen (secondary N) is 2. The quantitative estimate of drug-likeness (QED) is 0.721. The number of hydrazine groups is 1. The number of nitrogens with zero attached hydrogens (tertiary/aromatic N) is 1. The molecule has 1 heterocycles. The number of fused-ring (bicyclic) bond motifs is 1. The Morgan fingerprint density at radius 1 is 1.00 bits per heavy atom. The van der Waals surface area contributed by atoms with Gasteiger partial charge in [0.15, 0.2) is 5.76 Å². The van der Waals surface area contributed by atoms with Gasteiger partial charge in [0.2, 0.25) is 5.91 Å². The summed E-state index contributed by atoms with van der Waals surface area (Å²) in [5, 5.41) is 0. The highest BCUT2D eigenvalue weighted by molar-refractivity contribution is 5.93. The van der Waals surface area contributed by atoms with Crippen LogP contribution in [0.3, 0.4) is 0 Å². The van der Waals surface area contributed by atoms with Crippen LogP contribution in [0.5, 0.6) is 0 Å². The molecule has 1 aromatic carbocycles. The highest BCUT2D eigenvalue weighted by atomic mass is 16.4. The summed E-state index contributed by atoms with van der Waals surface area (Å²) in [6.45, 7) is 6.65. The van der Waals surface area contributed by atoms with E-state index < -0.39 is 5.91 Å². The third-order valence-corrected chi connectivity index (χ3v) is 5.25. The van der Waals surface area contributed by atoms with Crippen LogP contribution in [0.25, 0.3) is 0 Å². The van der Waals surface area contributed by atoms with E-state index in [4.69, 9.17) is 4.42 Å². The Labute approximate surface area is 166 Å². The van der Waals surface area contributed by atoms with Crippen LogP contribution in [0.2, 0.25) is 0 Å². The van der Waals surface area contributed by atoms with Gasteiger partial charge < -0.3 is 4.42 Å². The fraction of sp³-hybridized carbons (Fsp3) is 0.455. The van der Waals surface area contributed by atoms with Crippen LogP contribution < -0.4 is 10.9 Å². The normalized spacial score (nSPS) is 13.2. The molecule has 1 aliphatic rings. The molecule has 1 aromatic heterocycles. The first-order valence-electron chi connectivity index (χ1n) is 10.1. The third kappa shape index (κ3) is 5.23. The maximum Gasteiger partial charge on any atom is 0.305 e. The molecule has 0 bridgehead atoms. The van der Waals surface area contributed by atoms with Gasteiger partial charge in [-0.1, -0.05) is 32.0 Å². The highest BCUT2D eigenvalue weighted by Crippen LogP contribution is 2.22. The molecule has 0 saturated carbocycles. The van der Waals surface area contributed by atoms with Gasteiger partial charge in [0.1, 0.15) is 5.76 Å². The Hall–Kier alpha value is -2.60. The average molecular weight is 383 g/mol. The summed E-state index contributed by atoms with van der Waals surface area (Å²) in [7, 11) is 0. The van der Waals surface area contributed by atoms with Crippen LogP contribution in [0.4, 0.5) is 0 Å². The van der Waals surface area contributed by atoms with Gasteiger partial charge in [-0.05, 0) is 67.6 Å². The Morgan fingerprint density at radius 2 is 1.75 bits per heavy atom. The van der Waals surface area contributed by atoms with Crippen LogP contribution in [-0.2, 0) is 30.6 Å². The lowest BCUT2D eigenvalue weighted by molar-refractivity contribution is -0.121. The predicted molar refractivity (Wildman–Crippen MR) is 108 cm³/mol. The van der Waals surface area contributed by atoms with Crippen molar-refractivity contribution in [3.63, 3.8) is 0 Å². The number of rotatable bonds is 7. The average Bonchev–Trinajstić information content (AvgIpc) is 3.19. The lowest BCUT2D eigenvalue weighted by Crippen LogP contribution is -2.42. The number of amides is 2. The van der Waals surface area contributed by atoms with Gasteiger partial charge in [-0.25, -0.2) is 0 Å². The van der Waals surface area contributed by atoms with Crippen molar-refractivity contribution in [1.82, 2.24) is 15.8 Å². The highest BCUT2D eigenvalue weighted by Gasteiger charge is 2.15. The second-order valence-electron chi connectivity index (χ2n) is 7.22. The lowest BCUT2D eigenvalue weighted by Gasteiger charge is -2.16. The fourth-order valence-corrected chi connectivity index (χ4v) is 3.57. The van der Waals surface area contributed by atoms with Crippen molar-refractivity contribution >= 4 is 11.8 Å². The second-order valence-corrected chi connectivity index (χ2v) is 7.22. The Balaban J connectivity index is 1.49. The number of furan rings is 1. The summed E-state index contributed by atoms with van der Waals surface area (Å²) in [6, 6.07) is 9.65. The van der Waals surface area contributed by atoms with Crippen LogP contribution in [0.1, 0.15) is 59.7 Å². The molecule has 0 radical (unpaired) electrons. The van der Waals surface area contributed by atoms with E-state index in [1.807, 2.05) is 6.07 Å². The first-order valence-corrected chi connectivity index (χ1v) is 10.1. The molecule has 0 unspecified atom stereocenters. The van der Waals surface area contributed by atoms with E-state index in [0.29, 0.717) is 6.54 Å². The van der Waals surface area contributed by atoms with E-state index in [2.05, 4.69) is 41.7 Å². The predicted octanol–water partition coefficient (Wildman–Crippen LogP) is 3.00. The lowest BCUT2D eigenvalue weighted by atomic mass is 9.90. The zero-order valence-electron chi connectivity index (χ0n) is 16.7. The smallest absolute Gasteiger partial charge is 0.305 e. The molecule has 6 nitrogen and oxygen atoms in total. The first-order chi connectivity index (χ1) is 13.6. The van der Waals surface area contributed by atoms with Crippen LogP contribution in [-0.4, -0.2) is 29.8 Å². The van der Waals surface area contributed by atoms with E-state index in [1.54, 1.807) is 12.1 Å². The monoisotopic (exact) mass is 383 g/mol. The molecule has 0 atom stereocenters. The Bertz CT molecular complexity index is 824. The van der Waals surface area contributed by atoms with Crippen molar-refractivity contribution in [2.75, 3.05) is 13.1 Å². The molecule has 0 aliphatic heterocycles. The largest absolute Gasteiger partial charge is 0.454 e. The van der Waals surface area contributed by atoms with E-state index in [0.717, 1.165) is 37.3 Å². The van der Waals surface area contributed by atoms with Gasteiger partial charge in [-0.2, -0.15) is 0 Å². The van der Waals surface area contributed by atoms with E-state index in [9.17, 15) is 9.59 Å². The maximum atomic E-state index is 12.2. The zero-order chi connectivity index (χ0) is 19.9. The summed E-state index contributed by atoms with van der Waals surface area (Å²) in [5.74, 6) is 0.217. The summed E-state index contributed by atoms with van der Waals surface area (Å²) in [5.41, 5.74) is 8.60. The van der Waals surface area contributed by atoms with Gasteiger partial charge in [0, 0.05) is 0 Å². The number of aryl methyl sites for hydroxylation is 2. The van der Waals surface area contributed by atoms with Gasteiger partial charge in [-0.15, -0.1) is 0 Å². The van der Waals surface area contributed by atoms with Gasteiger partial charge in [0.05, 0.1) is 13.0 Å². The van der Waals surface area contributed by atoms with Crippen molar-refractivity contribution in [2.24, 2.45) is 0 Å². The summed E-state index contributed by atoms with van der Waals surface area (Å²) in [6.07, 6.45) is 4.88. The first kappa shape index (κ1) is 20.1. The molecule has 0 saturated heterocycles. The van der Waals surface area contributed by atoms with Crippen molar-refractivity contribution in [1.29, 1.82) is 0 Å². The molecule has 2 aromatic rings. The number of carbonyl (C=O) groups excluding carboxylic acids is 2. The molecule has 0 fully saturated rings. The summed E-state index contributed by atoms with van der Waals surface area (Å²) < 4.78 is 5.59. The molecular weight excluding hydrogens is 354 g/mol. The fourth-order valence-electron chi connectivity index (χ4n) is 3.57. The second kappa shape index (κ2) is 9.55. The molecule has 0 spiro atoms. The van der Waals surface area contributed by atoms with Gasteiger partial charge in [-0.3, -0.25) is 25.3 Å². The van der Waals surface area contributed by atoms with Crippen LogP contribution >= 0.6 is 0 Å². The van der Waals surface area contributed by atoms with Gasteiger partial charge in [0.25, 0.3) is 0 Å². The van der Waals surface area contributed by atoms with E-state index in [-0.39, 0.29) is 18.1 Å². The maximum absolute atomic E-state index is 12.2. The van der Waals surface area contributed by atoms with Crippen molar-refractivity contribution in [3.05, 3.63) is 58.5 Å². The molecule has 150 valence electrons. The number of carbonyl (C=O) groups is 2. The topological polar surface area (TPSA) is 74.6 Å². The van der Waals surface area contributed by atoms with Crippen LogP contribution in [0, 0.1) is 0 Å². The SMILES string of the molecule is CCN(CC)Cc1ccc(C(=O)NNC(=O)Cc2ccc3c(c2)CCCC3)o1. The zero-order valence-corrected chi connectivity index (χ0v) is 16.7. The molecule has 2 N–H and O–H groups in total. The van der Waals surface area contributed by atoms with E-state index >= 15 is 0 Å².